The minimum atomic E-state index is -0.626. The highest BCUT2D eigenvalue weighted by atomic mass is 32.2. The van der Waals surface area contributed by atoms with Gasteiger partial charge in [-0.05, 0) is 24.3 Å². The summed E-state index contributed by atoms with van der Waals surface area (Å²) in [5.74, 6) is -0.0336. The van der Waals surface area contributed by atoms with Crippen molar-refractivity contribution in [1.82, 2.24) is 9.97 Å². The number of carbonyl (C=O) groups is 2. The highest BCUT2D eigenvalue weighted by Gasteiger charge is 2.15. The van der Waals surface area contributed by atoms with Crippen LogP contribution in [0.25, 0.3) is 0 Å². The molecule has 0 aliphatic rings. The Morgan fingerprint density at radius 3 is 2.50 bits per heavy atom. The summed E-state index contributed by atoms with van der Waals surface area (Å²) in [7, 11) is 3.00. The molecule has 0 radical (unpaired) electrons. The highest BCUT2D eigenvalue weighted by Crippen LogP contribution is 2.29. The van der Waals surface area contributed by atoms with Gasteiger partial charge in [-0.15, -0.1) is 0 Å². The third-order valence-corrected chi connectivity index (χ3v) is 5.09. The first kappa shape index (κ1) is 22.7. The van der Waals surface area contributed by atoms with Crippen LogP contribution in [-0.2, 0) is 4.79 Å². The van der Waals surface area contributed by atoms with Crippen LogP contribution in [0.3, 0.4) is 0 Å². The van der Waals surface area contributed by atoms with Crippen LogP contribution in [0.1, 0.15) is 10.4 Å². The summed E-state index contributed by atoms with van der Waals surface area (Å²) >= 11 is 0.980. The SMILES string of the molecule is COc1ccc(OC)c(NC(=O)CSc2nc(N)c(NC(=O)c3ccccc3)c(=O)[nH]2)c1. The van der Waals surface area contributed by atoms with Crippen molar-refractivity contribution in [3.63, 3.8) is 0 Å². The first-order chi connectivity index (χ1) is 15.4. The lowest BCUT2D eigenvalue weighted by molar-refractivity contribution is -0.113. The molecule has 0 bridgehead atoms. The predicted octanol–water partition coefficient (Wildman–Crippen LogP) is 2.35. The smallest absolute Gasteiger partial charge is 0.277 e. The van der Waals surface area contributed by atoms with Gasteiger partial charge in [0, 0.05) is 11.6 Å². The molecule has 0 saturated heterocycles. The molecule has 11 heteroatoms. The van der Waals surface area contributed by atoms with Gasteiger partial charge in [0.05, 0.1) is 25.7 Å². The molecule has 1 aromatic heterocycles. The number of aromatic nitrogens is 2. The molecule has 3 rings (SSSR count). The minimum Gasteiger partial charge on any atom is -0.497 e. The summed E-state index contributed by atoms with van der Waals surface area (Å²) in [4.78, 5) is 43.6. The van der Waals surface area contributed by atoms with Crippen LogP contribution in [0.4, 0.5) is 17.2 Å². The average Bonchev–Trinajstić information content (AvgIpc) is 2.80. The van der Waals surface area contributed by atoms with Crippen LogP contribution < -0.4 is 31.4 Å². The number of carbonyl (C=O) groups excluding carboxylic acids is 2. The number of nitrogens with two attached hydrogens (primary N) is 1. The van der Waals surface area contributed by atoms with Crippen molar-refractivity contribution >= 4 is 40.8 Å². The normalized spacial score (nSPS) is 10.3. The molecule has 10 nitrogen and oxygen atoms in total. The number of thioether (sulfide) groups is 1. The number of nitrogen functional groups attached to an aromatic ring is 1. The fourth-order valence-electron chi connectivity index (χ4n) is 2.67. The number of ether oxygens (including phenoxy) is 2. The predicted molar refractivity (Wildman–Crippen MR) is 123 cm³/mol. The maximum Gasteiger partial charge on any atom is 0.277 e. The largest absolute Gasteiger partial charge is 0.497 e. The van der Waals surface area contributed by atoms with Crippen molar-refractivity contribution in [2.45, 2.75) is 5.16 Å². The number of H-pyrrole nitrogens is 1. The molecule has 1 heterocycles. The number of methoxy groups -OCH3 is 2. The molecule has 5 N–H and O–H groups in total. The van der Waals surface area contributed by atoms with Crippen molar-refractivity contribution in [2.75, 3.05) is 36.3 Å². The van der Waals surface area contributed by atoms with E-state index in [4.69, 9.17) is 15.2 Å². The zero-order valence-corrected chi connectivity index (χ0v) is 18.1. The Morgan fingerprint density at radius 2 is 1.84 bits per heavy atom. The van der Waals surface area contributed by atoms with Crippen molar-refractivity contribution in [3.8, 4) is 11.5 Å². The maximum absolute atomic E-state index is 12.4. The second-order valence-electron chi connectivity index (χ2n) is 6.35. The number of amides is 2. The molecule has 0 aliphatic carbocycles. The van der Waals surface area contributed by atoms with Gasteiger partial charge in [-0.3, -0.25) is 19.4 Å². The summed E-state index contributed by atoms with van der Waals surface area (Å²) in [5.41, 5.74) is 5.89. The first-order valence-corrected chi connectivity index (χ1v) is 10.3. The molecule has 0 aliphatic heterocycles. The van der Waals surface area contributed by atoms with Crippen molar-refractivity contribution in [2.24, 2.45) is 0 Å². The Morgan fingerprint density at radius 1 is 1.09 bits per heavy atom. The van der Waals surface area contributed by atoms with Crippen LogP contribution in [-0.4, -0.2) is 41.8 Å². The molecule has 3 aromatic rings. The molecule has 0 unspecified atom stereocenters. The van der Waals surface area contributed by atoms with Gasteiger partial charge in [-0.2, -0.15) is 0 Å². The Labute approximate surface area is 187 Å². The summed E-state index contributed by atoms with van der Waals surface area (Å²) in [5, 5.41) is 5.31. The van der Waals surface area contributed by atoms with Crippen molar-refractivity contribution < 1.29 is 19.1 Å². The van der Waals surface area contributed by atoms with E-state index in [-0.39, 0.29) is 28.3 Å². The first-order valence-electron chi connectivity index (χ1n) is 9.32. The molecule has 166 valence electrons. The Bertz CT molecular complexity index is 1180. The highest BCUT2D eigenvalue weighted by molar-refractivity contribution is 7.99. The molecule has 2 amide bonds. The number of rotatable bonds is 8. The third kappa shape index (κ3) is 5.58. The lowest BCUT2D eigenvalue weighted by Crippen LogP contribution is -2.23. The Kier molecular flexibility index (Phi) is 7.34. The van der Waals surface area contributed by atoms with Crippen molar-refractivity contribution in [1.29, 1.82) is 0 Å². The van der Waals surface area contributed by atoms with Gasteiger partial charge < -0.3 is 25.8 Å². The van der Waals surface area contributed by atoms with Gasteiger partial charge in [-0.25, -0.2) is 4.98 Å². The topological polar surface area (TPSA) is 148 Å². The fourth-order valence-corrected chi connectivity index (χ4v) is 3.33. The van der Waals surface area contributed by atoms with Gasteiger partial charge in [0.15, 0.2) is 11.0 Å². The van der Waals surface area contributed by atoms with Crippen LogP contribution in [0, 0.1) is 0 Å². The van der Waals surface area contributed by atoms with E-state index < -0.39 is 11.5 Å². The molecule has 0 fully saturated rings. The second-order valence-corrected chi connectivity index (χ2v) is 7.32. The van der Waals surface area contributed by atoms with Crippen LogP contribution in [0.15, 0.2) is 58.5 Å². The minimum absolute atomic E-state index is 0.0571. The van der Waals surface area contributed by atoms with Crippen LogP contribution in [0.2, 0.25) is 0 Å². The zero-order valence-electron chi connectivity index (χ0n) is 17.3. The number of hydrogen-bond acceptors (Lipinski definition) is 8. The quantitative estimate of drug-likeness (QED) is 0.299. The van der Waals surface area contributed by atoms with E-state index in [2.05, 4.69) is 20.6 Å². The summed E-state index contributed by atoms with van der Waals surface area (Å²) in [6.07, 6.45) is 0. The van der Waals surface area contributed by atoms with E-state index in [1.165, 1.54) is 14.2 Å². The number of benzene rings is 2. The van der Waals surface area contributed by atoms with E-state index in [1.54, 1.807) is 48.5 Å². The van der Waals surface area contributed by atoms with Crippen molar-refractivity contribution in [3.05, 3.63) is 64.4 Å². The van der Waals surface area contributed by atoms with E-state index in [9.17, 15) is 14.4 Å². The van der Waals surface area contributed by atoms with Gasteiger partial charge in [0.2, 0.25) is 5.91 Å². The number of anilines is 3. The van der Waals surface area contributed by atoms with E-state index in [0.29, 0.717) is 22.7 Å². The fraction of sp³-hybridized carbons (Fsp3) is 0.143. The molecular weight excluding hydrogens is 434 g/mol. The standard InChI is InChI=1S/C21H21N5O5S/c1-30-13-8-9-15(31-2)14(10-13)23-16(27)11-32-21-25-18(22)17(20(29)26-21)24-19(28)12-6-4-3-5-7-12/h3-10H,11H2,1-2H3,(H,23,27)(H,24,28)(H3,22,25,26,29). The van der Waals surface area contributed by atoms with E-state index >= 15 is 0 Å². The number of aromatic amines is 1. The Balaban J connectivity index is 1.65. The van der Waals surface area contributed by atoms with E-state index in [1.807, 2.05) is 0 Å². The molecular formula is C21H21N5O5S. The van der Waals surface area contributed by atoms with Crippen LogP contribution in [0.5, 0.6) is 11.5 Å². The molecule has 0 spiro atoms. The van der Waals surface area contributed by atoms with Gasteiger partial charge >= 0.3 is 0 Å². The molecule has 32 heavy (non-hydrogen) atoms. The zero-order chi connectivity index (χ0) is 23.1. The summed E-state index contributed by atoms with van der Waals surface area (Å²) in [6, 6.07) is 13.4. The second kappa shape index (κ2) is 10.4. The van der Waals surface area contributed by atoms with E-state index in [0.717, 1.165) is 11.8 Å². The summed E-state index contributed by atoms with van der Waals surface area (Å²) < 4.78 is 10.4. The monoisotopic (exact) mass is 455 g/mol. The van der Waals surface area contributed by atoms with Gasteiger partial charge in [-0.1, -0.05) is 30.0 Å². The number of nitrogens with zero attached hydrogens (tertiary/aromatic N) is 1. The summed E-state index contributed by atoms with van der Waals surface area (Å²) in [6.45, 7) is 0. The van der Waals surface area contributed by atoms with Gasteiger partial charge in [0.25, 0.3) is 11.5 Å². The Hall–Kier alpha value is -3.99. The lowest BCUT2D eigenvalue weighted by Gasteiger charge is -2.12. The van der Waals surface area contributed by atoms with Crippen LogP contribution >= 0.6 is 11.8 Å². The molecule has 2 aromatic carbocycles. The number of hydrogen-bond donors (Lipinski definition) is 4. The van der Waals surface area contributed by atoms with Gasteiger partial charge in [0.1, 0.15) is 17.2 Å². The third-order valence-electron chi connectivity index (χ3n) is 4.22. The molecule has 0 atom stereocenters. The maximum atomic E-state index is 12.4. The average molecular weight is 455 g/mol. The number of nitrogens with one attached hydrogen (secondary N) is 3. The lowest BCUT2D eigenvalue weighted by atomic mass is 10.2. The molecule has 0 saturated carbocycles.